The summed E-state index contributed by atoms with van der Waals surface area (Å²) >= 11 is 7.69. The minimum absolute atomic E-state index is 0.0437. The zero-order valence-corrected chi connectivity index (χ0v) is 15.4. The van der Waals surface area contributed by atoms with Crippen molar-refractivity contribution in [2.75, 3.05) is 29.9 Å². The van der Waals surface area contributed by atoms with E-state index in [-0.39, 0.29) is 17.0 Å². The van der Waals surface area contributed by atoms with Gasteiger partial charge in [0.1, 0.15) is 5.15 Å². The van der Waals surface area contributed by atoms with Gasteiger partial charge in [0.25, 0.3) is 11.8 Å². The van der Waals surface area contributed by atoms with Crippen LogP contribution in [0, 0.1) is 6.92 Å². The van der Waals surface area contributed by atoms with E-state index in [1.807, 2.05) is 29.7 Å². The van der Waals surface area contributed by atoms with Gasteiger partial charge in [-0.2, -0.15) is 11.8 Å². The maximum atomic E-state index is 12.6. The quantitative estimate of drug-likeness (QED) is 0.834. The molecule has 0 atom stereocenters. The summed E-state index contributed by atoms with van der Waals surface area (Å²) in [6.07, 6.45) is 1.49. The van der Waals surface area contributed by atoms with Gasteiger partial charge in [0.2, 0.25) is 0 Å². The molecule has 7 heteroatoms. The van der Waals surface area contributed by atoms with Crippen LogP contribution in [0.15, 0.2) is 36.5 Å². The molecular weight excluding hydrogens is 358 g/mol. The number of hydrogen-bond donors (Lipinski definition) is 1. The van der Waals surface area contributed by atoms with E-state index in [0.29, 0.717) is 16.8 Å². The van der Waals surface area contributed by atoms with Crippen molar-refractivity contribution in [3.8, 4) is 0 Å². The summed E-state index contributed by atoms with van der Waals surface area (Å²) in [5.74, 6) is 1.74. The standard InChI is InChI=1S/C18H18ClN3O2S/c1-12-10-14(18(24)22-6-8-25-9-7-22)2-3-15(12)21-17(23)13-4-5-20-16(19)11-13/h2-5,10-11H,6-9H2,1H3,(H,21,23). The number of aryl methyl sites for hydroxylation is 1. The van der Waals surface area contributed by atoms with Crippen LogP contribution in [0.3, 0.4) is 0 Å². The number of pyridine rings is 1. The third kappa shape index (κ3) is 4.32. The van der Waals surface area contributed by atoms with Gasteiger partial charge in [-0.3, -0.25) is 9.59 Å². The fraction of sp³-hybridized carbons (Fsp3) is 0.278. The Balaban J connectivity index is 1.73. The predicted octanol–water partition coefficient (Wildman–Crippen LogP) is 3.48. The highest BCUT2D eigenvalue weighted by Crippen LogP contribution is 2.20. The van der Waals surface area contributed by atoms with E-state index in [0.717, 1.165) is 30.2 Å². The monoisotopic (exact) mass is 375 g/mol. The average molecular weight is 376 g/mol. The van der Waals surface area contributed by atoms with Crippen molar-refractivity contribution in [2.24, 2.45) is 0 Å². The number of benzene rings is 1. The molecule has 130 valence electrons. The lowest BCUT2D eigenvalue weighted by Crippen LogP contribution is -2.37. The second kappa shape index (κ2) is 7.89. The Morgan fingerprint density at radius 3 is 2.60 bits per heavy atom. The van der Waals surface area contributed by atoms with Crippen molar-refractivity contribution < 1.29 is 9.59 Å². The highest BCUT2D eigenvalue weighted by Gasteiger charge is 2.19. The molecule has 1 N–H and O–H groups in total. The molecule has 0 unspecified atom stereocenters. The maximum absolute atomic E-state index is 12.6. The van der Waals surface area contributed by atoms with E-state index < -0.39 is 0 Å². The summed E-state index contributed by atoms with van der Waals surface area (Å²) in [6.45, 7) is 3.44. The van der Waals surface area contributed by atoms with E-state index in [1.165, 1.54) is 12.3 Å². The van der Waals surface area contributed by atoms with Gasteiger partial charge in [-0.1, -0.05) is 11.6 Å². The highest BCUT2D eigenvalue weighted by atomic mass is 35.5. The molecule has 1 aromatic carbocycles. The molecule has 25 heavy (non-hydrogen) atoms. The first-order valence-electron chi connectivity index (χ1n) is 7.95. The van der Waals surface area contributed by atoms with Crippen molar-refractivity contribution in [2.45, 2.75) is 6.92 Å². The number of amides is 2. The SMILES string of the molecule is Cc1cc(C(=O)N2CCSCC2)ccc1NC(=O)c1ccnc(Cl)c1. The topological polar surface area (TPSA) is 62.3 Å². The summed E-state index contributed by atoms with van der Waals surface area (Å²) in [4.78, 5) is 30.6. The molecule has 2 aromatic rings. The third-order valence-corrected chi connectivity index (χ3v) is 5.16. The fourth-order valence-corrected chi connectivity index (χ4v) is 3.70. The van der Waals surface area contributed by atoms with Crippen molar-refractivity contribution in [3.05, 3.63) is 58.4 Å². The Bertz CT molecular complexity index is 807. The van der Waals surface area contributed by atoms with Crippen molar-refractivity contribution in [1.29, 1.82) is 0 Å². The number of nitrogens with zero attached hydrogens (tertiary/aromatic N) is 2. The Labute approximate surface area is 155 Å². The molecule has 0 radical (unpaired) electrons. The van der Waals surface area contributed by atoms with Crippen LogP contribution < -0.4 is 5.32 Å². The number of anilines is 1. The van der Waals surface area contributed by atoms with Crippen molar-refractivity contribution >= 4 is 40.9 Å². The third-order valence-electron chi connectivity index (χ3n) is 4.01. The molecule has 0 spiro atoms. The van der Waals surface area contributed by atoms with Crippen molar-refractivity contribution in [1.82, 2.24) is 9.88 Å². The van der Waals surface area contributed by atoms with Crippen LogP contribution in [0.4, 0.5) is 5.69 Å². The zero-order chi connectivity index (χ0) is 17.8. The van der Waals surface area contributed by atoms with Gasteiger partial charge in [-0.05, 0) is 42.8 Å². The number of rotatable bonds is 3. The number of aromatic nitrogens is 1. The van der Waals surface area contributed by atoms with Gasteiger partial charge in [-0.15, -0.1) is 0 Å². The lowest BCUT2D eigenvalue weighted by atomic mass is 10.1. The molecule has 3 rings (SSSR count). The molecular formula is C18H18ClN3O2S. The number of carbonyl (C=O) groups is 2. The van der Waals surface area contributed by atoms with Crippen LogP contribution >= 0.6 is 23.4 Å². The molecule has 0 aliphatic carbocycles. The Morgan fingerprint density at radius 1 is 1.16 bits per heavy atom. The van der Waals surface area contributed by atoms with Gasteiger partial charge in [0.15, 0.2) is 0 Å². The molecule has 1 aromatic heterocycles. The van der Waals surface area contributed by atoms with Gasteiger partial charge in [0, 0.05) is 47.6 Å². The van der Waals surface area contributed by atoms with E-state index in [4.69, 9.17) is 11.6 Å². The molecule has 1 aliphatic rings. The largest absolute Gasteiger partial charge is 0.337 e. The van der Waals surface area contributed by atoms with Gasteiger partial charge >= 0.3 is 0 Å². The second-order valence-corrected chi connectivity index (χ2v) is 7.37. The molecule has 1 fully saturated rings. The summed E-state index contributed by atoms with van der Waals surface area (Å²) in [5, 5.41) is 3.11. The van der Waals surface area contributed by atoms with Gasteiger partial charge < -0.3 is 10.2 Å². The van der Waals surface area contributed by atoms with Crippen LogP contribution in [-0.2, 0) is 0 Å². The smallest absolute Gasteiger partial charge is 0.255 e. The summed E-state index contributed by atoms with van der Waals surface area (Å²) in [7, 11) is 0. The molecule has 5 nitrogen and oxygen atoms in total. The molecule has 2 amide bonds. The number of thioether (sulfide) groups is 1. The summed E-state index contributed by atoms with van der Waals surface area (Å²) in [5.41, 5.74) is 2.59. The Kier molecular flexibility index (Phi) is 5.60. The predicted molar refractivity (Wildman–Crippen MR) is 102 cm³/mol. The normalized spacial score (nSPS) is 14.2. The fourth-order valence-electron chi connectivity index (χ4n) is 2.62. The Hall–Kier alpha value is -2.05. The van der Waals surface area contributed by atoms with Gasteiger partial charge in [-0.25, -0.2) is 4.98 Å². The molecule has 2 heterocycles. The number of halogens is 1. The van der Waals surface area contributed by atoms with E-state index in [1.54, 1.807) is 18.2 Å². The number of nitrogens with one attached hydrogen (secondary N) is 1. The lowest BCUT2D eigenvalue weighted by molar-refractivity contribution is 0.0772. The summed E-state index contributed by atoms with van der Waals surface area (Å²) in [6, 6.07) is 8.45. The molecule has 1 aliphatic heterocycles. The zero-order valence-electron chi connectivity index (χ0n) is 13.8. The number of carbonyl (C=O) groups excluding carboxylic acids is 2. The molecule has 1 saturated heterocycles. The minimum atomic E-state index is -0.264. The van der Waals surface area contributed by atoms with E-state index in [2.05, 4.69) is 10.3 Å². The molecule has 0 saturated carbocycles. The van der Waals surface area contributed by atoms with Gasteiger partial charge in [0.05, 0.1) is 0 Å². The van der Waals surface area contributed by atoms with Crippen molar-refractivity contribution in [3.63, 3.8) is 0 Å². The minimum Gasteiger partial charge on any atom is -0.337 e. The maximum Gasteiger partial charge on any atom is 0.255 e. The molecule has 0 bridgehead atoms. The first-order chi connectivity index (χ1) is 12.0. The number of hydrogen-bond acceptors (Lipinski definition) is 4. The van der Waals surface area contributed by atoms with Crippen LogP contribution in [0.2, 0.25) is 5.15 Å². The Morgan fingerprint density at radius 2 is 1.92 bits per heavy atom. The first kappa shape index (κ1) is 17.8. The van der Waals surface area contributed by atoms with E-state index in [9.17, 15) is 9.59 Å². The summed E-state index contributed by atoms with van der Waals surface area (Å²) < 4.78 is 0. The second-order valence-electron chi connectivity index (χ2n) is 5.76. The van der Waals surface area contributed by atoms with Crippen LogP contribution in [0.1, 0.15) is 26.3 Å². The van der Waals surface area contributed by atoms with Crippen LogP contribution in [-0.4, -0.2) is 46.3 Å². The van der Waals surface area contributed by atoms with Crippen LogP contribution in [0.5, 0.6) is 0 Å². The highest BCUT2D eigenvalue weighted by molar-refractivity contribution is 7.99. The van der Waals surface area contributed by atoms with Crippen LogP contribution in [0.25, 0.3) is 0 Å². The average Bonchev–Trinajstić information content (AvgIpc) is 2.63. The first-order valence-corrected chi connectivity index (χ1v) is 9.48. The lowest BCUT2D eigenvalue weighted by Gasteiger charge is -2.26. The van der Waals surface area contributed by atoms with E-state index >= 15 is 0 Å².